The summed E-state index contributed by atoms with van der Waals surface area (Å²) in [6.45, 7) is 0. The zero-order valence-electron chi connectivity index (χ0n) is 13.4. The van der Waals surface area contributed by atoms with Crippen LogP contribution in [0.5, 0.6) is 0 Å². The summed E-state index contributed by atoms with van der Waals surface area (Å²) in [5, 5.41) is -1.46. The van der Waals surface area contributed by atoms with Gasteiger partial charge in [0.15, 0.2) is 0 Å². The van der Waals surface area contributed by atoms with Gasteiger partial charge in [-0.25, -0.2) is 0 Å². The second-order valence-electron chi connectivity index (χ2n) is 6.40. The van der Waals surface area contributed by atoms with Crippen molar-refractivity contribution in [1.29, 1.82) is 0 Å². The Balaban J connectivity index is 1.82. The number of esters is 2. The van der Waals surface area contributed by atoms with Gasteiger partial charge in [0.05, 0.1) is 6.42 Å². The number of hydrogen-bond acceptors (Lipinski definition) is 6. The zero-order valence-corrected chi connectivity index (χ0v) is 14.2. The fourth-order valence-electron chi connectivity index (χ4n) is 3.22. The summed E-state index contributed by atoms with van der Waals surface area (Å²) in [4.78, 5) is 24.0. The molecule has 23 heavy (non-hydrogen) atoms. The topological polar surface area (TPSA) is 92.7 Å². The predicted molar refractivity (Wildman–Crippen MR) is 83.3 cm³/mol. The minimum Gasteiger partial charge on any atom is -0.772 e. The maximum absolute atomic E-state index is 12.1. The lowest BCUT2D eigenvalue weighted by molar-refractivity contribution is -0.157. The summed E-state index contributed by atoms with van der Waals surface area (Å²) >= 11 is -2.69. The molecule has 0 aromatic carbocycles. The molecule has 2 saturated carbocycles. The molecule has 0 spiro atoms. The van der Waals surface area contributed by atoms with Crippen molar-refractivity contribution in [2.24, 2.45) is 0 Å². The van der Waals surface area contributed by atoms with Gasteiger partial charge in [-0.3, -0.25) is 13.8 Å². The first kappa shape index (κ1) is 18.4. The van der Waals surface area contributed by atoms with Crippen molar-refractivity contribution < 1.29 is 27.8 Å². The first-order valence-corrected chi connectivity index (χ1v) is 9.68. The number of ether oxygens (including phenoxy) is 2. The van der Waals surface area contributed by atoms with Crippen LogP contribution >= 0.6 is 0 Å². The van der Waals surface area contributed by atoms with Crippen LogP contribution in [0.25, 0.3) is 0 Å². The van der Waals surface area contributed by atoms with Gasteiger partial charge in [0.2, 0.25) is 0 Å². The van der Waals surface area contributed by atoms with E-state index in [1.165, 1.54) is 0 Å². The zero-order chi connectivity index (χ0) is 16.7. The van der Waals surface area contributed by atoms with Gasteiger partial charge in [0, 0.05) is 0 Å². The van der Waals surface area contributed by atoms with E-state index >= 15 is 0 Å². The summed E-state index contributed by atoms with van der Waals surface area (Å²) in [6, 6.07) is 0. The Labute approximate surface area is 139 Å². The monoisotopic (exact) mass is 345 g/mol. The number of carbonyl (C=O) groups is 2. The molecule has 2 aliphatic carbocycles. The van der Waals surface area contributed by atoms with Gasteiger partial charge in [-0.1, -0.05) is 12.8 Å². The summed E-state index contributed by atoms with van der Waals surface area (Å²) < 4.78 is 33.2. The van der Waals surface area contributed by atoms with Crippen molar-refractivity contribution in [2.45, 2.75) is 88.1 Å². The van der Waals surface area contributed by atoms with Crippen LogP contribution in [-0.2, 0) is 30.1 Å². The van der Waals surface area contributed by atoms with Crippen LogP contribution in [0.2, 0.25) is 0 Å². The van der Waals surface area contributed by atoms with Crippen LogP contribution in [-0.4, -0.2) is 38.2 Å². The summed E-state index contributed by atoms with van der Waals surface area (Å²) in [6.07, 6.45) is 8.53. The minimum atomic E-state index is -2.69. The molecule has 0 amide bonds. The molecule has 6 nitrogen and oxygen atoms in total. The minimum absolute atomic E-state index is 0.147. The molecule has 0 aromatic rings. The third-order valence-corrected chi connectivity index (χ3v) is 5.36. The van der Waals surface area contributed by atoms with E-state index in [4.69, 9.17) is 9.47 Å². The van der Waals surface area contributed by atoms with Crippen molar-refractivity contribution in [1.82, 2.24) is 0 Å². The summed E-state index contributed by atoms with van der Waals surface area (Å²) in [5.74, 6) is -1.46. The van der Waals surface area contributed by atoms with Crippen molar-refractivity contribution in [3.05, 3.63) is 0 Å². The molecule has 2 unspecified atom stereocenters. The first-order valence-electron chi connectivity index (χ1n) is 8.54. The highest BCUT2D eigenvalue weighted by molar-refractivity contribution is 7.80. The Morgan fingerprint density at radius 2 is 1.39 bits per heavy atom. The average molecular weight is 345 g/mol. The van der Waals surface area contributed by atoms with E-state index in [0.717, 1.165) is 64.2 Å². The van der Waals surface area contributed by atoms with E-state index in [9.17, 15) is 18.4 Å². The largest absolute Gasteiger partial charge is 0.772 e. The summed E-state index contributed by atoms with van der Waals surface area (Å²) in [5.41, 5.74) is 0. The van der Waals surface area contributed by atoms with Gasteiger partial charge in [-0.05, 0) is 62.4 Å². The fourth-order valence-corrected chi connectivity index (χ4v) is 3.71. The molecule has 2 fully saturated rings. The Hall–Kier alpha value is -0.950. The molecule has 2 rings (SSSR count). The first-order chi connectivity index (χ1) is 11.1. The van der Waals surface area contributed by atoms with Gasteiger partial charge in [0.25, 0.3) is 0 Å². The molecular formula is C16H25O6S-. The molecule has 0 saturated heterocycles. The highest BCUT2D eigenvalue weighted by atomic mass is 32.2. The van der Waals surface area contributed by atoms with Crippen LogP contribution in [0.1, 0.15) is 70.6 Å². The molecule has 0 aromatic heterocycles. The number of hydrogen-bond donors (Lipinski definition) is 0. The smallest absolute Gasteiger partial charge is 0.321 e. The lowest BCUT2D eigenvalue weighted by atomic mass is 9.98. The number of rotatable bonds is 6. The quantitative estimate of drug-likeness (QED) is 0.542. The van der Waals surface area contributed by atoms with Gasteiger partial charge >= 0.3 is 11.9 Å². The molecule has 0 radical (unpaired) electrons. The van der Waals surface area contributed by atoms with E-state index < -0.39 is 34.7 Å². The second-order valence-corrected chi connectivity index (χ2v) is 7.49. The van der Waals surface area contributed by atoms with E-state index in [1.54, 1.807) is 0 Å². The maximum Gasteiger partial charge on any atom is 0.321 e. The molecule has 7 heteroatoms. The van der Waals surface area contributed by atoms with Crippen LogP contribution in [0.15, 0.2) is 0 Å². The summed E-state index contributed by atoms with van der Waals surface area (Å²) in [7, 11) is 0. The molecule has 0 heterocycles. The van der Waals surface area contributed by atoms with Gasteiger partial charge in [-0.15, -0.1) is 0 Å². The SMILES string of the molecule is O=C(CC(C(=O)OC1CCCCC1)S(=O)[O-])OC1CCCCC1. The van der Waals surface area contributed by atoms with Gasteiger partial charge in [-0.2, -0.15) is 0 Å². The van der Waals surface area contributed by atoms with Crippen molar-refractivity contribution >= 4 is 23.0 Å². The Kier molecular flexibility index (Phi) is 7.49. The second kappa shape index (κ2) is 9.37. The standard InChI is InChI=1S/C16H26O6S/c17-15(21-12-7-3-1-4-8-12)11-14(23(19)20)16(18)22-13-9-5-2-6-10-13/h12-14H,1-11H2,(H,19,20)/p-1. The highest BCUT2D eigenvalue weighted by Crippen LogP contribution is 2.23. The van der Waals surface area contributed by atoms with Crippen LogP contribution in [0.3, 0.4) is 0 Å². The lowest BCUT2D eigenvalue weighted by Gasteiger charge is -2.26. The molecular weight excluding hydrogens is 320 g/mol. The molecule has 132 valence electrons. The normalized spacial score (nSPS) is 23.0. The molecule has 0 N–H and O–H groups in total. The fraction of sp³-hybridized carbons (Fsp3) is 0.875. The molecule has 0 bridgehead atoms. The Morgan fingerprint density at radius 1 is 0.913 bits per heavy atom. The molecule has 2 atom stereocenters. The number of carbonyl (C=O) groups excluding carboxylic acids is 2. The van der Waals surface area contributed by atoms with Gasteiger partial charge < -0.3 is 14.0 Å². The average Bonchev–Trinajstić information content (AvgIpc) is 2.54. The van der Waals surface area contributed by atoms with Crippen molar-refractivity contribution in [3.63, 3.8) is 0 Å². The van der Waals surface area contributed by atoms with Crippen LogP contribution in [0, 0.1) is 0 Å². The van der Waals surface area contributed by atoms with Crippen molar-refractivity contribution in [3.8, 4) is 0 Å². The lowest BCUT2D eigenvalue weighted by Crippen LogP contribution is -2.35. The maximum atomic E-state index is 12.1. The third kappa shape index (κ3) is 6.22. The third-order valence-electron chi connectivity index (χ3n) is 4.53. The molecule has 0 aliphatic heterocycles. The van der Waals surface area contributed by atoms with Crippen LogP contribution in [0.4, 0.5) is 0 Å². The Morgan fingerprint density at radius 3 is 1.87 bits per heavy atom. The van der Waals surface area contributed by atoms with Crippen molar-refractivity contribution in [2.75, 3.05) is 0 Å². The van der Waals surface area contributed by atoms with E-state index in [-0.39, 0.29) is 12.2 Å². The van der Waals surface area contributed by atoms with E-state index in [1.807, 2.05) is 0 Å². The highest BCUT2D eigenvalue weighted by Gasteiger charge is 2.29. The Bertz CT molecular complexity index is 426. The predicted octanol–water partition coefficient (Wildman–Crippen LogP) is 2.38. The van der Waals surface area contributed by atoms with Crippen LogP contribution < -0.4 is 0 Å². The molecule has 2 aliphatic rings. The van der Waals surface area contributed by atoms with E-state index in [2.05, 4.69) is 0 Å². The van der Waals surface area contributed by atoms with E-state index in [0.29, 0.717) is 0 Å². The van der Waals surface area contributed by atoms with Gasteiger partial charge in [0.1, 0.15) is 17.5 Å².